The number of carbonyl (C=O) groups is 1. The highest BCUT2D eigenvalue weighted by Gasteiger charge is 2.36. The molecule has 7 heteroatoms. The van der Waals surface area contributed by atoms with Crippen LogP contribution in [0.2, 0.25) is 0 Å². The smallest absolute Gasteiger partial charge is 0.326 e. The molecule has 0 saturated carbocycles. The number of aryl methyl sites for hydroxylation is 2. The van der Waals surface area contributed by atoms with Gasteiger partial charge in [0.05, 0.1) is 24.4 Å². The summed E-state index contributed by atoms with van der Waals surface area (Å²) >= 11 is 0. The minimum Gasteiger partial charge on any atom is -0.497 e. The molecule has 2 heterocycles. The van der Waals surface area contributed by atoms with Crippen molar-refractivity contribution in [3.63, 3.8) is 0 Å². The molecule has 0 aliphatic carbocycles. The molecule has 1 N–H and O–H groups in total. The quantitative estimate of drug-likeness (QED) is 0.386. The van der Waals surface area contributed by atoms with Crippen LogP contribution in [0.3, 0.4) is 0 Å². The van der Waals surface area contributed by atoms with Crippen molar-refractivity contribution < 1.29 is 14.1 Å². The van der Waals surface area contributed by atoms with Crippen molar-refractivity contribution in [1.29, 1.82) is 0 Å². The number of methoxy groups -OCH3 is 1. The van der Waals surface area contributed by atoms with Gasteiger partial charge in [0, 0.05) is 11.3 Å². The Bertz CT molecular complexity index is 1390. The SMILES string of the molecule is COc1ccc(-c2noc(C3=C(C)N(c4ccc(C)cc4)C(=O)NC3c3ccc(C)cc3)n2)cc1. The number of rotatable bonds is 5. The molecule has 0 spiro atoms. The molecule has 1 unspecified atom stereocenters. The Morgan fingerprint density at radius 3 is 2.14 bits per heavy atom. The van der Waals surface area contributed by atoms with Crippen molar-refractivity contribution in [2.45, 2.75) is 26.8 Å². The Hall–Kier alpha value is -4.39. The first kappa shape index (κ1) is 22.4. The summed E-state index contributed by atoms with van der Waals surface area (Å²) in [6, 6.07) is 22.7. The first-order valence-electron chi connectivity index (χ1n) is 11.4. The molecule has 0 saturated heterocycles. The fourth-order valence-electron chi connectivity index (χ4n) is 4.22. The Morgan fingerprint density at radius 1 is 0.886 bits per heavy atom. The summed E-state index contributed by atoms with van der Waals surface area (Å²) in [4.78, 5) is 19.7. The van der Waals surface area contributed by atoms with Gasteiger partial charge in [0.25, 0.3) is 5.89 Å². The molecule has 1 aliphatic heterocycles. The van der Waals surface area contributed by atoms with Crippen LogP contribution in [0.4, 0.5) is 10.5 Å². The summed E-state index contributed by atoms with van der Waals surface area (Å²) in [5, 5.41) is 7.37. The number of anilines is 1. The second-order valence-electron chi connectivity index (χ2n) is 8.61. The van der Waals surface area contributed by atoms with E-state index in [9.17, 15) is 4.79 Å². The van der Waals surface area contributed by atoms with Gasteiger partial charge in [-0.05, 0) is 62.7 Å². The van der Waals surface area contributed by atoms with E-state index < -0.39 is 6.04 Å². The maximum atomic E-state index is 13.3. The normalized spacial score (nSPS) is 15.8. The third-order valence-electron chi connectivity index (χ3n) is 6.19. The zero-order valence-corrected chi connectivity index (χ0v) is 20.1. The number of carbonyl (C=O) groups excluding carboxylic acids is 1. The van der Waals surface area contributed by atoms with Crippen LogP contribution < -0.4 is 15.0 Å². The number of urea groups is 1. The Kier molecular flexibility index (Phi) is 5.82. The monoisotopic (exact) mass is 466 g/mol. The molecule has 176 valence electrons. The van der Waals surface area contributed by atoms with Crippen LogP contribution in [-0.4, -0.2) is 23.3 Å². The van der Waals surface area contributed by atoms with Crippen LogP contribution in [0, 0.1) is 13.8 Å². The van der Waals surface area contributed by atoms with Crippen LogP contribution in [-0.2, 0) is 0 Å². The van der Waals surface area contributed by atoms with E-state index in [1.54, 1.807) is 12.0 Å². The van der Waals surface area contributed by atoms with Gasteiger partial charge in [-0.3, -0.25) is 4.90 Å². The van der Waals surface area contributed by atoms with Gasteiger partial charge in [0.1, 0.15) is 5.75 Å². The molecular formula is C28H26N4O3. The molecule has 3 aromatic carbocycles. The van der Waals surface area contributed by atoms with Crippen molar-refractivity contribution in [2.24, 2.45) is 0 Å². The number of amides is 2. The molecule has 5 rings (SSSR count). The first-order valence-corrected chi connectivity index (χ1v) is 11.4. The van der Waals surface area contributed by atoms with Crippen molar-refractivity contribution in [3.8, 4) is 17.1 Å². The van der Waals surface area contributed by atoms with E-state index in [-0.39, 0.29) is 6.03 Å². The van der Waals surface area contributed by atoms with Gasteiger partial charge in [-0.1, -0.05) is 52.7 Å². The summed E-state index contributed by atoms with van der Waals surface area (Å²) < 4.78 is 11.0. The van der Waals surface area contributed by atoms with Gasteiger partial charge in [-0.15, -0.1) is 0 Å². The number of nitrogens with zero attached hydrogens (tertiary/aromatic N) is 3. The van der Waals surface area contributed by atoms with E-state index in [2.05, 4.69) is 10.5 Å². The maximum Gasteiger partial charge on any atom is 0.326 e. The largest absolute Gasteiger partial charge is 0.497 e. The van der Waals surface area contributed by atoms with Gasteiger partial charge in [-0.2, -0.15) is 4.98 Å². The number of nitrogens with one attached hydrogen (secondary N) is 1. The second-order valence-corrected chi connectivity index (χ2v) is 8.61. The fraction of sp³-hybridized carbons (Fsp3) is 0.179. The van der Waals surface area contributed by atoms with Crippen LogP contribution >= 0.6 is 0 Å². The van der Waals surface area contributed by atoms with Crippen molar-refractivity contribution >= 4 is 17.3 Å². The van der Waals surface area contributed by atoms with Crippen LogP contribution in [0.5, 0.6) is 5.75 Å². The summed E-state index contributed by atoms with van der Waals surface area (Å²) in [5.41, 5.74) is 6.24. The Morgan fingerprint density at radius 2 is 1.51 bits per heavy atom. The van der Waals surface area contributed by atoms with E-state index >= 15 is 0 Å². The van der Waals surface area contributed by atoms with Crippen molar-refractivity contribution in [1.82, 2.24) is 15.5 Å². The van der Waals surface area contributed by atoms with E-state index in [0.717, 1.165) is 45.0 Å². The number of allylic oxidation sites excluding steroid dienone is 1. The molecule has 4 aromatic rings. The third kappa shape index (κ3) is 4.28. The van der Waals surface area contributed by atoms with Gasteiger partial charge in [0.2, 0.25) is 5.82 Å². The van der Waals surface area contributed by atoms with Crippen molar-refractivity contribution in [2.75, 3.05) is 12.0 Å². The van der Waals surface area contributed by atoms with Crippen molar-refractivity contribution in [3.05, 3.63) is 101 Å². The summed E-state index contributed by atoms with van der Waals surface area (Å²) in [7, 11) is 1.62. The van der Waals surface area contributed by atoms with E-state index in [1.165, 1.54) is 0 Å². The van der Waals surface area contributed by atoms with Gasteiger partial charge in [0.15, 0.2) is 0 Å². The van der Waals surface area contributed by atoms with E-state index in [1.807, 2.05) is 93.6 Å². The predicted molar refractivity (Wildman–Crippen MR) is 135 cm³/mol. The predicted octanol–water partition coefficient (Wildman–Crippen LogP) is 6.06. The van der Waals surface area contributed by atoms with Gasteiger partial charge in [-0.25, -0.2) is 4.79 Å². The standard InChI is InChI=1S/C28H26N4O3/c1-17-5-9-20(10-6-17)25-24(19(3)32(28(33)29-25)22-13-7-18(2)8-14-22)27-30-26(31-35-27)21-11-15-23(34-4)16-12-21/h5-16,25H,1-4H3,(H,29,33). The second kappa shape index (κ2) is 9.10. The van der Waals surface area contributed by atoms with Crippen LogP contribution in [0.25, 0.3) is 17.0 Å². The lowest BCUT2D eigenvalue weighted by Crippen LogP contribution is -2.46. The highest BCUT2D eigenvalue weighted by atomic mass is 16.5. The molecule has 0 bridgehead atoms. The van der Waals surface area contributed by atoms with E-state index in [4.69, 9.17) is 14.2 Å². The summed E-state index contributed by atoms with van der Waals surface area (Å²) in [5.74, 6) is 1.57. The molecule has 1 aromatic heterocycles. The molecular weight excluding hydrogens is 440 g/mol. The number of aromatic nitrogens is 2. The van der Waals surface area contributed by atoms with Crippen LogP contribution in [0.1, 0.15) is 35.5 Å². The van der Waals surface area contributed by atoms with Crippen LogP contribution in [0.15, 0.2) is 83.0 Å². The number of benzene rings is 3. The molecule has 1 aliphatic rings. The molecule has 1 atom stereocenters. The van der Waals surface area contributed by atoms with Gasteiger partial charge < -0.3 is 14.6 Å². The number of hydrogen-bond donors (Lipinski definition) is 1. The number of hydrogen-bond acceptors (Lipinski definition) is 5. The highest BCUT2D eigenvalue weighted by molar-refractivity contribution is 6.01. The Labute approximate surface area is 204 Å². The average Bonchev–Trinajstić information content (AvgIpc) is 3.35. The summed E-state index contributed by atoms with van der Waals surface area (Å²) in [6.45, 7) is 5.95. The maximum absolute atomic E-state index is 13.3. The zero-order valence-electron chi connectivity index (χ0n) is 20.1. The summed E-state index contributed by atoms with van der Waals surface area (Å²) in [6.07, 6.45) is 0. The number of ether oxygens (including phenoxy) is 1. The highest BCUT2D eigenvalue weighted by Crippen LogP contribution is 2.39. The average molecular weight is 467 g/mol. The molecule has 0 radical (unpaired) electrons. The Balaban J connectivity index is 1.62. The molecule has 35 heavy (non-hydrogen) atoms. The third-order valence-corrected chi connectivity index (χ3v) is 6.19. The lowest BCUT2D eigenvalue weighted by molar-refractivity contribution is 0.244. The molecule has 0 fully saturated rings. The fourth-order valence-corrected chi connectivity index (χ4v) is 4.22. The zero-order chi connectivity index (χ0) is 24.5. The minimum absolute atomic E-state index is 0.212. The lowest BCUT2D eigenvalue weighted by atomic mass is 9.94. The first-order chi connectivity index (χ1) is 16.9. The van der Waals surface area contributed by atoms with E-state index in [0.29, 0.717) is 11.7 Å². The molecule has 7 nitrogen and oxygen atoms in total. The topological polar surface area (TPSA) is 80.5 Å². The molecule has 2 amide bonds. The van der Waals surface area contributed by atoms with Gasteiger partial charge >= 0.3 is 6.03 Å². The lowest BCUT2D eigenvalue weighted by Gasteiger charge is -2.35. The minimum atomic E-state index is -0.436.